The van der Waals surface area contributed by atoms with E-state index in [9.17, 15) is 19.8 Å². The minimum Gasteiger partial charge on any atom is -0.511 e. The largest absolute Gasteiger partial charge is 0.511 e. The molecule has 0 spiro atoms. The molecule has 0 saturated carbocycles. The molecule has 10 heterocycles. The van der Waals surface area contributed by atoms with E-state index in [1.165, 1.54) is 0 Å². The Bertz CT molecular complexity index is 3790. The number of ether oxygens (including phenoxy) is 7. The van der Waals surface area contributed by atoms with Crippen LogP contribution in [0.25, 0.3) is 0 Å². The third kappa shape index (κ3) is 12.5. The van der Waals surface area contributed by atoms with Crippen LogP contribution in [0.3, 0.4) is 0 Å². The third-order valence-electron chi connectivity index (χ3n) is 20.0. The van der Waals surface area contributed by atoms with Crippen molar-refractivity contribution in [1.82, 2.24) is 10.6 Å². The zero-order valence-corrected chi connectivity index (χ0v) is 55.8. The first kappa shape index (κ1) is 64.9. The molecular formula is C74H86N8O11. The standard InChI is InChI=1S/C74H86N8O11/c1-13-45-37(3)55-31-63-51(35-87-11)41(7)53(77-63)29-57-39(5)47(71(79-57)49-27-65(83)69-43(9)59(81-73(49)69)33-61(45)75-55)15-17-67(85)92-25-23-90-21-19-89-20-22-91-24-26-93-68(86)18-16-48-40(6)58-30-54-42(8)52(36-88-12)64(78-54)32-56-38(4)46(14-2)62(76-56)34-60-44(10)70-66(84)28-50(72(48)80-58)74(70)82-60/h29-34,39-40,47-48,79-80,83-84H,13-28,35-36H2,1-12H3/t39-,40-,47-,48-/m0/s1. The van der Waals surface area contributed by atoms with Crippen LogP contribution in [0.4, 0.5) is 0 Å². The number of aliphatic hydroxyl groups excluding tert-OH is 2. The lowest BCUT2D eigenvalue weighted by molar-refractivity contribution is -0.146. The summed E-state index contributed by atoms with van der Waals surface area (Å²) in [6.45, 7) is 23.7. The normalized spacial score (nSPS) is 23.7. The zero-order valence-electron chi connectivity index (χ0n) is 55.8. The number of aliphatic hydroxyl groups is 2. The highest BCUT2D eigenvalue weighted by Crippen LogP contribution is 2.49. The van der Waals surface area contributed by atoms with Crippen LogP contribution in [0.15, 0.2) is 213 Å². The maximum Gasteiger partial charge on any atom is 0.305 e. The van der Waals surface area contributed by atoms with E-state index in [2.05, 4.69) is 90.3 Å². The van der Waals surface area contributed by atoms with E-state index < -0.39 is 0 Å². The van der Waals surface area contributed by atoms with E-state index in [-0.39, 0.29) is 86.4 Å². The number of nitrogens with one attached hydrogen (secondary N) is 2. The van der Waals surface area contributed by atoms with Gasteiger partial charge >= 0.3 is 11.9 Å². The van der Waals surface area contributed by atoms with Crippen LogP contribution in [0, 0.1) is 23.7 Å². The second kappa shape index (κ2) is 27.4. The van der Waals surface area contributed by atoms with Crippen molar-refractivity contribution in [2.24, 2.45) is 53.6 Å². The summed E-state index contributed by atoms with van der Waals surface area (Å²) in [6.07, 6.45) is 16.1. The number of nitrogens with zero attached hydrogens (tertiary/aromatic N) is 6. The number of methoxy groups -OCH3 is 2. The third-order valence-corrected chi connectivity index (χ3v) is 20.0. The lowest BCUT2D eigenvalue weighted by Gasteiger charge is -2.17. The van der Waals surface area contributed by atoms with Gasteiger partial charge in [0.1, 0.15) is 24.7 Å². The van der Waals surface area contributed by atoms with Gasteiger partial charge in [0.25, 0.3) is 0 Å². The van der Waals surface area contributed by atoms with Gasteiger partial charge in [-0.15, -0.1) is 0 Å². The Morgan fingerprint density at radius 2 is 0.817 bits per heavy atom. The van der Waals surface area contributed by atoms with Gasteiger partial charge in [-0.05, 0) is 148 Å². The second-order valence-electron chi connectivity index (χ2n) is 25.4. The van der Waals surface area contributed by atoms with Crippen LogP contribution in [-0.2, 0) is 42.7 Å². The van der Waals surface area contributed by atoms with Gasteiger partial charge in [0.2, 0.25) is 0 Å². The average Bonchev–Trinajstić information content (AvgIpc) is 1.60. The molecule has 0 unspecified atom stereocenters. The first-order valence-electron chi connectivity index (χ1n) is 32.9. The second-order valence-corrected chi connectivity index (χ2v) is 25.4. The van der Waals surface area contributed by atoms with Crippen molar-refractivity contribution in [3.63, 3.8) is 0 Å². The van der Waals surface area contributed by atoms with Gasteiger partial charge < -0.3 is 54.0 Å². The van der Waals surface area contributed by atoms with Crippen molar-refractivity contribution in [3.05, 3.63) is 183 Å². The molecule has 0 aromatic rings. The smallest absolute Gasteiger partial charge is 0.305 e. The first-order chi connectivity index (χ1) is 44.9. The van der Waals surface area contributed by atoms with E-state index in [1.54, 1.807) is 14.2 Å². The molecule has 12 rings (SSSR count). The van der Waals surface area contributed by atoms with E-state index in [4.69, 9.17) is 63.1 Å². The molecule has 2 aliphatic carbocycles. The molecule has 93 heavy (non-hydrogen) atoms. The minimum atomic E-state index is -0.321. The summed E-state index contributed by atoms with van der Waals surface area (Å²) < 4.78 is 39.9. The summed E-state index contributed by atoms with van der Waals surface area (Å²) >= 11 is 0. The Morgan fingerprint density at radius 3 is 1.18 bits per heavy atom. The van der Waals surface area contributed by atoms with E-state index >= 15 is 0 Å². The predicted octanol–water partition coefficient (Wildman–Crippen LogP) is 12.3. The minimum absolute atomic E-state index is 0.0188. The Morgan fingerprint density at radius 1 is 0.473 bits per heavy atom. The van der Waals surface area contributed by atoms with Crippen molar-refractivity contribution < 1.29 is 53.0 Å². The lowest BCUT2D eigenvalue weighted by atomic mass is 9.86. The Kier molecular flexibility index (Phi) is 19.1. The molecule has 0 aromatic carbocycles. The van der Waals surface area contributed by atoms with Crippen LogP contribution >= 0.6 is 0 Å². The average molecular weight is 1260 g/mol. The highest BCUT2D eigenvalue weighted by atomic mass is 16.6. The molecule has 4 atom stereocenters. The number of fused-ring (bicyclic) bond motifs is 10. The fraction of sp³-hybridized carbons (Fsp3) is 0.459. The van der Waals surface area contributed by atoms with Crippen LogP contribution in [-0.4, -0.2) is 137 Å². The Balaban J connectivity index is 0.594. The van der Waals surface area contributed by atoms with Crippen LogP contribution in [0.1, 0.15) is 121 Å². The number of esters is 2. The van der Waals surface area contributed by atoms with Crippen molar-refractivity contribution in [1.29, 1.82) is 0 Å². The number of allylic oxidation sites excluding steroid dienone is 22. The van der Waals surface area contributed by atoms with Crippen molar-refractivity contribution in [3.8, 4) is 0 Å². The maximum absolute atomic E-state index is 13.4. The van der Waals surface area contributed by atoms with Gasteiger partial charge in [0, 0.05) is 120 Å². The van der Waals surface area contributed by atoms with Crippen LogP contribution in [0.2, 0.25) is 0 Å². The van der Waals surface area contributed by atoms with E-state index in [0.717, 1.165) is 182 Å². The molecule has 0 amide bonds. The lowest BCUT2D eigenvalue weighted by Crippen LogP contribution is -2.18. The molecule has 0 aromatic heterocycles. The SMILES string of the molecule is CCC1=C(C)C2=NC1=CC1=C(C)C3=C(O)CC(=C4NC(=CC5=NC(=C2)C(COC)=C5C)[C@@H](C)[C@@H]4CCC(=O)OCCOCCOCCOCCOC(=O)CC[C@@H]2C4=C5CC(O)=C6C5=NC(=C6C)C=C5N=C(C=C6N=C(C=C(N4)[C@H]2C)C(C)=C6COC)C(C)=C5CC)C3=N1. The van der Waals surface area contributed by atoms with Gasteiger partial charge in [-0.2, -0.15) is 0 Å². The zero-order chi connectivity index (χ0) is 65.5. The monoisotopic (exact) mass is 1260 g/mol. The highest BCUT2D eigenvalue weighted by Gasteiger charge is 2.44. The number of hydrogen-bond donors (Lipinski definition) is 4. The number of carbonyl (C=O) groups is 2. The summed E-state index contributed by atoms with van der Waals surface area (Å²) in [5.41, 5.74) is 27.4. The van der Waals surface area contributed by atoms with Crippen LogP contribution < -0.4 is 10.6 Å². The molecule has 19 heteroatoms. The van der Waals surface area contributed by atoms with Crippen LogP contribution in [0.5, 0.6) is 0 Å². The summed E-state index contributed by atoms with van der Waals surface area (Å²) in [5.74, 6) is -0.298. The molecule has 2 fully saturated rings. The fourth-order valence-electron chi connectivity index (χ4n) is 14.6. The summed E-state index contributed by atoms with van der Waals surface area (Å²) in [5, 5.41) is 30.6. The molecule has 4 N–H and O–H groups in total. The Hall–Kier alpha value is -8.20. The Labute approximate surface area is 544 Å². The summed E-state index contributed by atoms with van der Waals surface area (Å²) in [7, 11) is 3.39. The quantitative estimate of drug-likeness (QED) is 0.0520. The van der Waals surface area contributed by atoms with Gasteiger partial charge in [-0.25, -0.2) is 30.0 Å². The molecule has 0 radical (unpaired) electrons. The molecule has 488 valence electrons. The van der Waals surface area contributed by atoms with Gasteiger partial charge in [-0.3, -0.25) is 9.59 Å². The molecular weight excluding hydrogens is 1180 g/mol. The maximum atomic E-state index is 13.4. The number of rotatable bonds is 24. The summed E-state index contributed by atoms with van der Waals surface area (Å²) in [4.78, 5) is 57.7. The van der Waals surface area contributed by atoms with E-state index in [0.29, 0.717) is 65.3 Å². The number of hydrogen-bond acceptors (Lipinski definition) is 19. The highest BCUT2D eigenvalue weighted by molar-refractivity contribution is 6.22. The number of aliphatic imine (C=N–C) groups is 6. The van der Waals surface area contributed by atoms with Gasteiger partial charge in [-0.1, -0.05) is 27.7 Å². The molecule has 19 nitrogen and oxygen atoms in total. The van der Waals surface area contributed by atoms with Crippen molar-refractivity contribution >= 4 is 46.2 Å². The van der Waals surface area contributed by atoms with Gasteiger partial charge in [0.05, 0.1) is 121 Å². The molecule has 16 bridgehead atoms. The topological polar surface area (TPSA) is 237 Å². The van der Waals surface area contributed by atoms with E-state index in [1.807, 2.05) is 26.0 Å². The van der Waals surface area contributed by atoms with Crippen molar-refractivity contribution in [2.45, 2.75) is 121 Å². The summed E-state index contributed by atoms with van der Waals surface area (Å²) in [6, 6.07) is 0. The number of carbonyl (C=O) groups excluding carboxylic acids is 2. The van der Waals surface area contributed by atoms with Gasteiger partial charge in [0.15, 0.2) is 0 Å². The molecule has 2 saturated heterocycles. The fourth-order valence-corrected chi connectivity index (χ4v) is 14.6. The van der Waals surface area contributed by atoms with Crippen molar-refractivity contribution in [2.75, 3.05) is 80.3 Å². The molecule has 10 aliphatic heterocycles. The first-order valence-corrected chi connectivity index (χ1v) is 32.9. The molecule has 12 aliphatic rings. The predicted molar refractivity (Wildman–Crippen MR) is 361 cm³/mol.